The predicted octanol–water partition coefficient (Wildman–Crippen LogP) is 2.86. The van der Waals surface area contributed by atoms with E-state index in [0.29, 0.717) is 11.0 Å². The SMILES string of the molecule is CC(C)(O)C(C)(C)O.[B]c1cnn(C(c2ccc(C(F)(F)F)nc2)C(C)C)c1. The minimum Gasteiger partial charge on any atom is -0.387 e. The minimum absolute atomic E-state index is 0.132. The number of hydrogen-bond donors (Lipinski definition) is 2. The largest absolute Gasteiger partial charge is 0.433 e. The van der Waals surface area contributed by atoms with Crippen LogP contribution in [0.25, 0.3) is 0 Å². The van der Waals surface area contributed by atoms with E-state index in [0.717, 1.165) is 6.07 Å². The Balaban J connectivity index is 0.000000416. The lowest BCUT2D eigenvalue weighted by atomic mass is 9.90. The van der Waals surface area contributed by atoms with Crippen molar-refractivity contribution < 1.29 is 23.4 Å². The fourth-order valence-electron chi connectivity index (χ4n) is 2.10. The first-order valence-electron chi connectivity index (χ1n) is 8.81. The van der Waals surface area contributed by atoms with Crippen molar-refractivity contribution in [2.75, 3.05) is 0 Å². The highest BCUT2D eigenvalue weighted by molar-refractivity contribution is 6.31. The van der Waals surface area contributed by atoms with E-state index >= 15 is 0 Å². The zero-order valence-corrected chi connectivity index (χ0v) is 17.0. The van der Waals surface area contributed by atoms with Gasteiger partial charge in [0.25, 0.3) is 0 Å². The lowest BCUT2D eigenvalue weighted by molar-refractivity contribution is -0.141. The molecule has 28 heavy (non-hydrogen) atoms. The van der Waals surface area contributed by atoms with E-state index in [1.54, 1.807) is 38.6 Å². The molecule has 2 radical (unpaired) electrons. The van der Waals surface area contributed by atoms with Gasteiger partial charge in [-0.15, -0.1) is 0 Å². The lowest BCUT2D eigenvalue weighted by Gasteiger charge is -2.31. The van der Waals surface area contributed by atoms with Gasteiger partial charge in [-0.05, 0) is 45.2 Å². The summed E-state index contributed by atoms with van der Waals surface area (Å²) in [4.78, 5) is 3.49. The van der Waals surface area contributed by atoms with Gasteiger partial charge in [0.1, 0.15) is 13.5 Å². The maximum atomic E-state index is 12.5. The summed E-state index contributed by atoms with van der Waals surface area (Å²) in [7, 11) is 5.63. The van der Waals surface area contributed by atoms with Crippen molar-refractivity contribution in [2.24, 2.45) is 5.92 Å². The first-order valence-corrected chi connectivity index (χ1v) is 8.81. The van der Waals surface area contributed by atoms with Gasteiger partial charge in [-0.1, -0.05) is 25.4 Å². The third-order valence-electron chi connectivity index (χ3n) is 4.45. The molecule has 2 heterocycles. The highest BCUT2D eigenvalue weighted by atomic mass is 19.4. The standard InChI is InChI=1S/C13H13BF3N3.C6H14O2/c1-8(2)12(20-7-10(14)6-19-20)9-3-4-11(18-5-9)13(15,16)17;1-5(2,7)6(3,4)8/h3-8,12H,1-2H3;7-8H,1-4H3. The Labute approximate surface area is 165 Å². The molecule has 0 spiro atoms. The number of alkyl halides is 3. The van der Waals surface area contributed by atoms with Gasteiger partial charge in [0.05, 0.1) is 17.2 Å². The molecule has 9 heteroatoms. The van der Waals surface area contributed by atoms with Crippen molar-refractivity contribution in [2.45, 2.75) is 65.0 Å². The Morgan fingerprint density at radius 2 is 1.54 bits per heavy atom. The Bertz CT molecular complexity index is 734. The van der Waals surface area contributed by atoms with Crippen LogP contribution in [0.5, 0.6) is 0 Å². The van der Waals surface area contributed by atoms with Gasteiger partial charge in [0.2, 0.25) is 0 Å². The van der Waals surface area contributed by atoms with E-state index in [1.165, 1.54) is 18.5 Å². The Morgan fingerprint density at radius 1 is 1.00 bits per heavy atom. The average molecular weight is 397 g/mol. The summed E-state index contributed by atoms with van der Waals surface area (Å²) in [5.74, 6) is 0.132. The molecule has 1 atom stereocenters. The van der Waals surface area contributed by atoms with E-state index in [-0.39, 0.29) is 12.0 Å². The molecule has 2 aromatic heterocycles. The summed E-state index contributed by atoms with van der Waals surface area (Å²) >= 11 is 0. The van der Waals surface area contributed by atoms with E-state index in [2.05, 4.69) is 10.1 Å². The first-order chi connectivity index (χ1) is 12.5. The highest BCUT2D eigenvalue weighted by Crippen LogP contribution is 2.30. The maximum Gasteiger partial charge on any atom is 0.433 e. The number of aliphatic hydroxyl groups is 2. The van der Waals surface area contributed by atoms with Crippen LogP contribution in [0.4, 0.5) is 13.2 Å². The number of rotatable bonds is 4. The molecule has 0 aliphatic rings. The predicted molar refractivity (Wildman–Crippen MR) is 102 cm³/mol. The van der Waals surface area contributed by atoms with Crippen molar-refractivity contribution in [1.29, 1.82) is 0 Å². The fraction of sp³-hybridized carbons (Fsp3) is 0.579. The summed E-state index contributed by atoms with van der Waals surface area (Å²) in [5, 5.41) is 22.3. The number of pyridine rings is 1. The van der Waals surface area contributed by atoms with Crippen LogP contribution in [-0.2, 0) is 6.18 Å². The van der Waals surface area contributed by atoms with Crippen molar-refractivity contribution >= 4 is 13.3 Å². The topological polar surface area (TPSA) is 71.2 Å². The van der Waals surface area contributed by atoms with Crippen molar-refractivity contribution in [3.8, 4) is 0 Å². The Morgan fingerprint density at radius 3 is 1.82 bits per heavy atom. The van der Waals surface area contributed by atoms with Gasteiger partial charge < -0.3 is 10.2 Å². The van der Waals surface area contributed by atoms with Crippen LogP contribution in [0.15, 0.2) is 30.7 Å². The number of nitrogens with zero attached hydrogens (tertiary/aromatic N) is 3. The second-order valence-electron chi connectivity index (χ2n) is 8.04. The molecule has 0 bridgehead atoms. The number of halogens is 3. The molecule has 0 fully saturated rings. The van der Waals surface area contributed by atoms with Crippen molar-refractivity contribution in [1.82, 2.24) is 14.8 Å². The van der Waals surface area contributed by atoms with Gasteiger partial charge >= 0.3 is 6.18 Å². The van der Waals surface area contributed by atoms with Gasteiger partial charge in [0, 0.05) is 18.6 Å². The number of hydrogen-bond acceptors (Lipinski definition) is 4. The Kier molecular flexibility index (Phi) is 7.47. The van der Waals surface area contributed by atoms with Gasteiger partial charge in [-0.2, -0.15) is 18.3 Å². The minimum atomic E-state index is -4.43. The zero-order chi connectivity index (χ0) is 21.9. The molecule has 0 saturated carbocycles. The molecule has 2 aromatic rings. The summed E-state index contributed by atoms with van der Waals surface area (Å²) in [6.07, 6.45) is -0.0252. The molecular weight excluding hydrogens is 370 g/mol. The molecule has 5 nitrogen and oxygen atoms in total. The molecule has 154 valence electrons. The third-order valence-corrected chi connectivity index (χ3v) is 4.45. The van der Waals surface area contributed by atoms with E-state index in [9.17, 15) is 13.2 Å². The normalized spacial score (nSPS) is 13.9. The monoisotopic (exact) mass is 397 g/mol. The maximum absolute atomic E-state index is 12.5. The van der Waals surface area contributed by atoms with E-state index in [1.807, 2.05) is 13.8 Å². The van der Waals surface area contributed by atoms with Crippen LogP contribution >= 0.6 is 0 Å². The quantitative estimate of drug-likeness (QED) is 0.779. The van der Waals surface area contributed by atoms with Crippen molar-refractivity contribution in [3.05, 3.63) is 42.0 Å². The lowest BCUT2D eigenvalue weighted by Crippen LogP contribution is -2.44. The molecule has 0 aliphatic carbocycles. The Hall–Kier alpha value is -1.87. The van der Waals surface area contributed by atoms with E-state index < -0.39 is 23.1 Å². The van der Waals surface area contributed by atoms with E-state index in [4.69, 9.17) is 18.1 Å². The van der Waals surface area contributed by atoms with Crippen LogP contribution < -0.4 is 5.46 Å². The molecule has 0 aliphatic heterocycles. The van der Waals surface area contributed by atoms with Gasteiger partial charge in [-0.25, -0.2) is 0 Å². The average Bonchev–Trinajstić information content (AvgIpc) is 2.91. The van der Waals surface area contributed by atoms with Crippen LogP contribution in [0.2, 0.25) is 0 Å². The smallest absolute Gasteiger partial charge is 0.387 e. The molecule has 1 unspecified atom stereocenters. The summed E-state index contributed by atoms with van der Waals surface area (Å²) in [5.41, 5.74) is -1.74. The zero-order valence-electron chi connectivity index (χ0n) is 17.0. The second kappa shape index (κ2) is 8.65. The molecule has 2 N–H and O–H groups in total. The van der Waals surface area contributed by atoms with Gasteiger partial charge in [0.15, 0.2) is 0 Å². The van der Waals surface area contributed by atoms with Crippen LogP contribution in [-0.4, -0.2) is 44.0 Å². The summed E-state index contributed by atoms with van der Waals surface area (Å²) in [6.45, 7) is 10.2. The molecule has 0 aromatic carbocycles. The van der Waals surface area contributed by atoms with Gasteiger partial charge in [-0.3, -0.25) is 9.67 Å². The van der Waals surface area contributed by atoms with Crippen LogP contribution in [0.3, 0.4) is 0 Å². The molecule has 2 rings (SSSR count). The molecule has 0 amide bonds. The van der Waals surface area contributed by atoms with Crippen molar-refractivity contribution in [3.63, 3.8) is 0 Å². The summed E-state index contributed by atoms with van der Waals surface area (Å²) in [6, 6.07) is 2.21. The molecular formula is C19H27BF3N3O2. The summed E-state index contributed by atoms with van der Waals surface area (Å²) < 4.78 is 39.2. The highest BCUT2D eigenvalue weighted by Gasteiger charge is 2.33. The van der Waals surface area contributed by atoms with Crippen LogP contribution in [0.1, 0.15) is 58.8 Å². The number of aromatic nitrogens is 3. The fourth-order valence-corrected chi connectivity index (χ4v) is 2.10. The van der Waals surface area contributed by atoms with Crippen LogP contribution in [0, 0.1) is 5.92 Å². The third kappa shape index (κ3) is 6.63. The molecule has 0 saturated heterocycles. The second-order valence-corrected chi connectivity index (χ2v) is 8.04. The first kappa shape index (κ1) is 24.2.